The van der Waals surface area contributed by atoms with Crippen molar-refractivity contribution in [3.63, 3.8) is 0 Å². The molecule has 3 heterocycles. The molecule has 0 aliphatic rings. The van der Waals surface area contributed by atoms with E-state index in [9.17, 15) is 0 Å². The highest BCUT2D eigenvalue weighted by Gasteiger charge is 2.10. The fourth-order valence-electron chi connectivity index (χ4n) is 2.72. The Morgan fingerprint density at radius 3 is 2.92 bits per heavy atom. The van der Waals surface area contributed by atoms with Gasteiger partial charge in [-0.25, -0.2) is 4.98 Å². The van der Waals surface area contributed by atoms with Crippen molar-refractivity contribution < 1.29 is 0 Å². The van der Waals surface area contributed by atoms with E-state index in [1.807, 2.05) is 10.6 Å². The molecule has 0 atom stereocenters. The molecule has 0 radical (unpaired) electrons. The highest BCUT2D eigenvalue weighted by Crippen LogP contribution is 2.13. The molecule has 0 aromatic carbocycles. The third-order valence-electron chi connectivity index (χ3n) is 3.76. The van der Waals surface area contributed by atoms with Gasteiger partial charge >= 0.3 is 0 Å². The van der Waals surface area contributed by atoms with E-state index in [4.69, 9.17) is 12.2 Å². The number of aryl methyl sites for hydroxylation is 1. The van der Waals surface area contributed by atoms with E-state index in [0.29, 0.717) is 10.5 Å². The molecule has 3 aromatic rings. The molecule has 8 nitrogen and oxygen atoms in total. The van der Waals surface area contributed by atoms with Gasteiger partial charge in [0.25, 0.3) is 5.78 Å². The fourth-order valence-corrected chi connectivity index (χ4v) is 3.08. The van der Waals surface area contributed by atoms with Gasteiger partial charge in [0.15, 0.2) is 4.77 Å². The van der Waals surface area contributed by atoms with Gasteiger partial charge in [-0.1, -0.05) is 13.3 Å². The number of anilines is 1. The number of hydrogen-bond acceptors (Lipinski definition) is 6. The first kappa shape index (κ1) is 16.6. The number of fused-ring (bicyclic) bond motifs is 1. The zero-order chi connectivity index (χ0) is 17.1. The summed E-state index contributed by atoms with van der Waals surface area (Å²) >= 11 is 5.28. The predicted octanol–water partition coefficient (Wildman–Crippen LogP) is 2.57. The summed E-state index contributed by atoms with van der Waals surface area (Å²) in [5, 5.41) is 14.8. The Morgan fingerprint density at radius 1 is 1.33 bits per heavy atom. The minimum absolute atomic E-state index is 0.283. The van der Waals surface area contributed by atoms with Crippen molar-refractivity contribution in [3.05, 3.63) is 28.7 Å². The number of aromatic nitrogens is 7. The van der Waals surface area contributed by atoms with Gasteiger partial charge in [0, 0.05) is 30.8 Å². The molecule has 0 aliphatic heterocycles. The molecule has 0 aliphatic carbocycles. The topological polar surface area (TPSA) is 88.7 Å². The van der Waals surface area contributed by atoms with Gasteiger partial charge in [0.05, 0.1) is 0 Å². The summed E-state index contributed by atoms with van der Waals surface area (Å²) in [5.41, 5.74) is 1.02. The van der Waals surface area contributed by atoms with Crippen LogP contribution in [0.15, 0.2) is 12.4 Å². The van der Waals surface area contributed by atoms with Crippen LogP contribution in [0, 0.1) is 4.77 Å². The third-order valence-corrected chi connectivity index (χ3v) is 4.05. The highest BCUT2D eigenvalue weighted by molar-refractivity contribution is 7.71. The van der Waals surface area contributed by atoms with E-state index in [2.05, 4.69) is 51.4 Å². The largest absolute Gasteiger partial charge is 0.369 e. The molecule has 0 saturated heterocycles. The van der Waals surface area contributed by atoms with Crippen molar-refractivity contribution in [2.75, 3.05) is 11.9 Å². The molecule has 0 bridgehead atoms. The molecule has 0 spiro atoms. The Bertz CT molecular complexity index is 875. The first-order valence-corrected chi connectivity index (χ1v) is 8.60. The van der Waals surface area contributed by atoms with Crippen LogP contribution in [0.4, 0.5) is 5.82 Å². The maximum Gasteiger partial charge on any atom is 0.254 e. The van der Waals surface area contributed by atoms with Crippen molar-refractivity contribution in [2.45, 2.75) is 46.1 Å². The summed E-state index contributed by atoms with van der Waals surface area (Å²) in [6.45, 7) is 7.05. The lowest BCUT2D eigenvalue weighted by atomic mass is 10.2. The summed E-state index contributed by atoms with van der Waals surface area (Å²) < 4.78 is 4.42. The molecule has 0 fully saturated rings. The highest BCUT2D eigenvalue weighted by atomic mass is 32.1. The van der Waals surface area contributed by atoms with Gasteiger partial charge in [0.1, 0.15) is 18.0 Å². The number of nitrogens with zero attached hydrogens (tertiary/aromatic N) is 6. The summed E-state index contributed by atoms with van der Waals surface area (Å²) in [6, 6.07) is 2.32. The SMILES string of the molecule is CCCc1cc(NCCc2n[nH]c(=S)n2C(C)C)n2ncnc2n1. The molecule has 2 N–H and O–H groups in total. The Kier molecular flexibility index (Phi) is 4.89. The lowest BCUT2D eigenvalue weighted by Gasteiger charge is -2.12. The first-order chi connectivity index (χ1) is 11.6. The standard InChI is InChI=1S/C15H22N8S/c1-4-5-11-8-13(23-14(19-11)17-9-18-23)16-7-6-12-20-21-15(24)22(12)10(2)3/h8-10,16H,4-7H2,1-3H3,(H,21,24). The second kappa shape index (κ2) is 7.08. The van der Waals surface area contributed by atoms with Crippen molar-refractivity contribution in [1.29, 1.82) is 0 Å². The van der Waals surface area contributed by atoms with Crippen LogP contribution in [0.1, 0.15) is 44.8 Å². The molecule has 9 heteroatoms. The minimum Gasteiger partial charge on any atom is -0.369 e. The lowest BCUT2D eigenvalue weighted by Crippen LogP contribution is -2.14. The number of hydrogen-bond donors (Lipinski definition) is 2. The van der Waals surface area contributed by atoms with E-state index in [-0.39, 0.29) is 6.04 Å². The van der Waals surface area contributed by atoms with Crippen LogP contribution in [-0.2, 0) is 12.8 Å². The van der Waals surface area contributed by atoms with Crippen molar-refractivity contribution in [3.8, 4) is 0 Å². The van der Waals surface area contributed by atoms with Crippen LogP contribution >= 0.6 is 12.2 Å². The quantitative estimate of drug-likeness (QED) is 0.639. The van der Waals surface area contributed by atoms with Crippen molar-refractivity contribution >= 4 is 23.8 Å². The molecular formula is C15H22N8S. The molecule has 0 saturated carbocycles. The van der Waals surface area contributed by atoms with Crippen molar-refractivity contribution in [1.82, 2.24) is 34.3 Å². The van der Waals surface area contributed by atoms with Crippen LogP contribution < -0.4 is 5.32 Å². The maximum atomic E-state index is 5.28. The Morgan fingerprint density at radius 2 is 2.17 bits per heavy atom. The lowest BCUT2D eigenvalue weighted by molar-refractivity contribution is 0.562. The van der Waals surface area contributed by atoms with E-state index in [1.165, 1.54) is 6.33 Å². The Hall–Kier alpha value is -2.29. The van der Waals surface area contributed by atoms with Crippen LogP contribution in [0.5, 0.6) is 0 Å². The number of aromatic amines is 1. The van der Waals surface area contributed by atoms with Gasteiger partial charge in [0.2, 0.25) is 0 Å². The minimum atomic E-state index is 0.283. The maximum absolute atomic E-state index is 5.28. The smallest absolute Gasteiger partial charge is 0.254 e. The predicted molar refractivity (Wildman–Crippen MR) is 94.8 cm³/mol. The average molecular weight is 346 g/mol. The van der Waals surface area contributed by atoms with Gasteiger partial charge in [-0.15, -0.1) is 0 Å². The molecule has 128 valence electrons. The fraction of sp³-hybridized carbons (Fsp3) is 0.533. The monoisotopic (exact) mass is 346 g/mol. The van der Waals surface area contributed by atoms with Gasteiger partial charge in [-0.05, 0) is 32.5 Å². The summed E-state index contributed by atoms with van der Waals surface area (Å²) in [6.07, 6.45) is 4.24. The van der Waals surface area contributed by atoms with Crippen LogP contribution in [-0.4, -0.2) is 40.9 Å². The average Bonchev–Trinajstić information content (AvgIpc) is 3.14. The normalized spacial score (nSPS) is 11.5. The molecule has 3 rings (SSSR count). The zero-order valence-electron chi connectivity index (χ0n) is 14.2. The molecule has 0 unspecified atom stereocenters. The Balaban J connectivity index is 1.76. The van der Waals surface area contributed by atoms with E-state index >= 15 is 0 Å². The molecule has 0 amide bonds. The van der Waals surface area contributed by atoms with E-state index < -0.39 is 0 Å². The van der Waals surface area contributed by atoms with Crippen LogP contribution in [0.2, 0.25) is 0 Å². The number of nitrogens with one attached hydrogen (secondary N) is 2. The molecule has 3 aromatic heterocycles. The zero-order valence-corrected chi connectivity index (χ0v) is 15.0. The summed E-state index contributed by atoms with van der Waals surface area (Å²) in [4.78, 5) is 8.70. The van der Waals surface area contributed by atoms with Crippen molar-refractivity contribution in [2.24, 2.45) is 0 Å². The second-order valence-electron chi connectivity index (χ2n) is 5.94. The van der Waals surface area contributed by atoms with Gasteiger partial charge in [-0.2, -0.15) is 19.7 Å². The van der Waals surface area contributed by atoms with Gasteiger partial charge in [-0.3, -0.25) is 5.10 Å². The molecular weight excluding hydrogens is 324 g/mol. The van der Waals surface area contributed by atoms with Crippen LogP contribution in [0.3, 0.4) is 0 Å². The van der Waals surface area contributed by atoms with E-state index in [0.717, 1.165) is 43.1 Å². The van der Waals surface area contributed by atoms with Gasteiger partial charge < -0.3 is 9.88 Å². The number of H-pyrrole nitrogens is 1. The first-order valence-electron chi connectivity index (χ1n) is 8.19. The third kappa shape index (κ3) is 3.30. The summed E-state index contributed by atoms with van der Waals surface area (Å²) in [7, 11) is 0. The number of rotatable bonds is 7. The Labute approximate surface area is 145 Å². The van der Waals surface area contributed by atoms with Crippen LogP contribution in [0.25, 0.3) is 5.78 Å². The summed E-state index contributed by atoms with van der Waals surface area (Å²) in [5.74, 6) is 2.46. The molecule has 24 heavy (non-hydrogen) atoms. The van der Waals surface area contributed by atoms with E-state index in [1.54, 1.807) is 4.52 Å². The second-order valence-corrected chi connectivity index (χ2v) is 6.33.